The van der Waals surface area contributed by atoms with E-state index in [1.807, 2.05) is 0 Å². The van der Waals surface area contributed by atoms with Gasteiger partial charge in [-0.3, -0.25) is 14.9 Å². The molecular formula is C10H19N3O2. The van der Waals surface area contributed by atoms with E-state index in [1.165, 1.54) is 0 Å². The number of hydrogen-bond acceptors (Lipinski definition) is 3. The summed E-state index contributed by atoms with van der Waals surface area (Å²) in [6.07, 6.45) is 0.977. The lowest BCUT2D eigenvalue weighted by atomic mass is 10.1. The Bertz CT molecular complexity index is 231. The minimum atomic E-state index is -0.283. The van der Waals surface area contributed by atoms with E-state index in [4.69, 9.17) is 0 Å². The summed E-state index contributed by atoms with van der Waals surface area (Å²) in [6, 6.07) is -0.283. The van der Waals surface area contributed by atoms with Crippen LogP contribution in [0.25, 0.3) is 0 Å². The van der Waals surface area contributed by atoms with E-state index in [0.717, 1.165) is 6.42 Å². The van der Waals surface area contributed by atoms with Crippen molar-refractivity contribution in [3.05, 3.63) is 0 Å². The van der Waals surface area contributed by atoms with Gasteiger partial charge in [-0.25, -0.2) is 0 Å². The first-order chi connectivity index (χ1) is 7.09. The molecule has 1 saturated heterocycles. The molecule has 1 unspecified atom stereocenters. The molecule has 0 spiro atoms. The predicted octanol–water partition coefficient (Wildman–Crippen LogP) is -0.763. The van der Waals surface area contributed by atoms with Crippen LogP contribution in [0, 0.1) is 5.92 Å². The molecule has 1 aliphatic heterocycles. The summed E-state index contributed by atoms with van der Waals surface area (Å²) in [5.74, 6) is 0.501. The molecule has 5 heteroatoms. The lowest BCUT2D eigenvalue weighted by molar-refractivity contribution is -0.126. The van der Waals surface area contributed by atoms with E-state index >= 15 is 0 Å². The Morgan fingerprint density at radius 3 is 2.87 bits per heavy atom. The van der Waals surface area contributed by atoms with Gasteiger partial charge in [0.1, 0.15) is 6.04 Å². The van der Waals surface area contributed by atoms with Crippen molar-refractivity contribution in [3.8, 4) is 0 Å². The van der Waals surface area contributed by atoms with Gasteiger partial charge >= 0.3 is 0 Å². The molecule has 1 rings (SSSR count). The molecule has 0 saturated carbocycles. The zero-order valence-corrected chi connectivity index (χ0v) is 9.30. The Balaban J connectivity index is 2.19. The number of amides is 2. The summed E-state index contributed by atoms with van der Waals surface area (Å²) in [5, 5.41) is 8.38. The molecule has 1 atom stereocenters. The van der Waals surface area contributed by atoms with E-state index < -0.39 is 0 Å². The highest BCUT2D eigenvalue weighted by molar-refractivity contribution is 5.86. The molecule has 15 heavy (non-hydrogen) atoms. The monoisotopic (exact) mass is 213 g/mol. The highest BCUT2D eigenvalue weighted by Crippen LogP contribution is 1.97. The van der Waals surface area contributed by atoms with Crippen molar-refractivity contribution in [1.29, 1.82) is 0 Å². The van der Waals surface area contributed by atoms with Crippen molar-refractivity contribution >= 4 is 11.8 Å². The maximum Gasteiger partial charge on any atom is 0.238 e. The topological polar surface area (TPSA) is 70.2 Å². The van der Waals surface area contributed by atoms with Crippen LogP contribution in [0.15, 0.2) is 0 Å². The zero-order chi connectivity index (χ0) is 11.3. The zero-order valence-electron chi connectivity index (χ0n) is 9.30. The minimum absolute atomic E-state index is 0.0318. The Labute approximate surface area is 90.0 Å². The first kappa shape index (κ1) is 12.0. The average molecular weight is 213 g/mol. The predicted molar refractivity (Wildman–Crippen MR) is 57.3 cm³/mol. The van der Waals surface area contributed by atoms with Crippen molar-refractivity contribution in [2.45, 2.75) is 26.3 Å². The number of rotatable bonds is 4. The van der Waals surface area contributed by atoms with Crippen molar-refractivity contribution < 1.29 is 9.59 Å². The van der Waals surface area contributed by atoms with Crippen LogP contribution in [0.4, 0.5) is 0 Å². The molecule has 0 bridgehead atoms. The van der Waals surface area contributed by atoms with Crippen molar-refractivity contribution in [2.24, 2.45) is 5.92 Å². The lowest BCUT2D eigenvalue weighted by Crippen LogP contribution is -2.58. The van der Waals surface area contributed by atoms with E-state index in [2.05, 4.69) is 29.8 Å². The average Bonchev–Trinajstić information content (AvgIpc) is 2.18. The van der Waals surface area contributed by atoms with Gasteiger partial charge in [-0.15, -0.1) is 0 Å². The van der Waals surface area contributed by atoms with Crippen LogP contribution in [0.1, 0.15) is 20.3 Å². The molecule has 5 nitrogen and oxygen atoms in total. The first-order valence-electron chi connectivity index (χ1n) is 5.37. The molecule has 1 fully saturated rings. The largest absolute Gasteiger partial charge is 0.355 e. The summed E-state index contributed by atoms with van der Waals surface area (Å²) in [7, 11) is 0. The molecule has 2 amide bonds. The van der Waals surface area contributed by atoms with Crippen LogP contribution in [0.5, 0.6) is 0 Å². The van der Waals surface area contributed by atoms with Crippen molar-refractivity contribution in [2.75, 3.05) is 19.6 Å². The molecule has 0 aliphatic carbocycles. The van der Waals surface area contributed by atoms with Crippen LogP contribution >= 0.6 is 0 Å². The molecule has 0 aromatic rings. The second-order valence-corrected chi connectivity index (χ2v) is 4.21. The summed E-state index contributed by atoms with van der Waals surface area (Å²) < 4.78 is 0. The van der Waals surface area contributed by atoms with Gasteiger partial charge in [0.25, 0.3) is 0 Å². The van der Waals surface area contributed by atoms with Crippen molar-refractivity contribution in [3.63, 3.8) is 0 Å². The van der Waals surface area contributed by atoms with E-state index in [-0.39, 0.29) is 24.4 Å². The van der Waals surface area contributed by atoms with Gasteiger partial charge in [0.2, 0.25) is 11.8 Å². The number of nitrogens with one attached hydrogen (secondary N) is 3. The second-order valence-electron chi connectivity index (χ2n) is 4.21. The maximum atomic E-state index is 11.6. The smallest absolute Gasteiger partial charge is 0.238 e. The Morgan fingerprint density at radius 1 is 1.60 bits per heavy atom. The molecule has 86 valence electrons. The van der Waals surface area contributed by atoms with Gasteiger partial charge in [-0.05, 0) is 12.3 Å². The SMILES string of the molecule is CC(C)CCNC(=O)C1CNC(=O)CN1. The number of carbonyl (C=O) groups is 2. The van der Waals surface area contributed by atoms with Crippen LogP contribution in [-0.4, -0.2) is 37.5 Å². The Kier molecular flexibility index (Phi) is 4.55. The molecule has 1 aliphatic rings. The van der Waals surface area contributed by atoms with Gasteiger partial charge in [0.15, 0.2) is 0 Å². The number of carbonyl (C=O) groups excluding carboxylic acids is 2. The van der Waals surface area contributed by atoms with Gasteiger partial charge in [0, 0.05) is 13.1 Å². The summed E-state index contributed by atoms with van der Waals surface area (Å²) in [6.45, 7) is 5.54. The molecule has 0 radical (unpaired) electrons. The third-order valence-corrected chi connectivity index (χ3v) is 2.35. The van der Waals surface area contributed by atoms with Crippen LogP contribution < -0.4 is 16.0 Å². The van der Waals surface area contributed by atoms with E-state index in [0.29, 0.717) is 19.0 Å². The fourth-order valence-electron chi connectivity index (χ4n) is 1.36. The fraction of sp³-hybridized carbons (Fsp3) is 0.800. The van der Waals surface area contributed by atoms with Gasteiger partial charge < -0.3 is 10.6 Å². The molecule has 0 aromatic carbocycles. The maximum absolute atomic E-state index is 11.6. The van der Waals surface area contributed by atoms with Crippen LogP contribution in [-0.2, 0) is 9.59 Å². The third kappa shape index (κ3) is 4.29. The van der Waals surface area contributed by atoms with E-state index in [9.17, 15) is 9.59 Å². The fourth-order valence-corrected chi connectivity index (χ4v) is 1.36. The molecular weight excluding hydrogens is 194 g/mol. The number of hydrogen-bond donors (Lipinski definition) is 3. The molecule has 3 N–H and O–H groups in total. The molecule has 1 heterocycles. The van der Waals surface area contributed by atoms with Gasteiger partial charge in [-0.1, -0.05) is 13.8 Å². The Morgan fingerprint density at radius 2 is 2.33 bits per heavy atom. The Hall–Kier alpha value is -1.10. The highest BCUT2D eigenvalue weighted by Gasteiger charge is 2.22. The highest BCUT2D eigenvalue weighted by atomic mass is 16.2. The lowest BCUT2D eigenvalue weighted by Gasteiger charge is -2.23. The minimum Gasteiger partial charge on any atom is -0.355 e. The summed E-state index contributed by atoms with van der Waals surface area (Å²) in [5.41, 5.74) is 0. The van der Waals surface area contributed by atoms with Gasteiger partial charge in [0.05, 0.1) is 6.54 Å². The third-order valence-electron chi connectivity index (χ3n) is 2.35. The van der Waals surface area contributed by atoms with Crippen molar-refractivity contribution in [1.82, 2.24) is 16.0 Å². The standard InChI is InChI=1S/C10H19N3O2/c1-7(2)3-4-11-10(15)8-5-13-9(14)6-12-8/h7-8,12H,3-6H2,1-2H3,(H,11,15)(H,13,14). The van der Waals surface area contributed by atoms with Gasteiger partial charge in [-0.2, -0.15) is 0 Å². The van der Waals surface area contributed by atoms with Crippen LogP contribution in [0.2, 0.25) is 0 Å². The normalized spacial score (nSPS) is 21.3. The summed E-state index contributed by atoms with van der Waals surface area (Å²) >= 11 is 0. The van der Waals surface area contributed by atoms with E-state index in [1.54, 1.807) is 0 Å². The quantitative estimate of drug-likeness (QED) is 0.575. The first-order valence-corrected chi connectivity index (χ1v) is 5.37. The second kappa shape index (κ2) is 5.70. The summed E-state index contributed by atoms with van der Waals surface area (Å²) in [4.78, 5) is 22.4. The molecule has 0 aromatic heterocycles. The number of piperazine rings is 1. The van der Waals surface area contributed by atoms with Crippen LogP contribution in [0.3, 0.4) is 0 Å².